The zero-order valence-corrected chi connectivity index (χ0v) is 11.2. The van der Waals surface area contributed by atoms with Crippen molar-refractivity contribution in [3.63, 3.8) is 0 Å². The first-order valence-electron chi connectivity index (χ1n) is 6.34. The maximum Gasteiger partial charge on any atom is 0.331 e. The van der Waals surface area contributed by atoms with Gasteiger partial charge < -0.3 is 10.2 Å². The van der Waals surface area contributed by atoms with E-state index < -0.39 is 17.4 Å². The molecular formula is C16H16O4. The highest BCUT2D eigenvalue weighted by atomic mass is 16.4. The third-order valence-electron chi connectivity index (χ3n) is 3.47. The summed E-state index contributed by atoms with van der Waals surface area (Å²) >= 11 is 0. The quantitative estimate of drug-likeness (QED) is 0.883. The molecule has 0 saturated heterocycles. The molecule has 0 spiro atoms. The topological polar surface area (TPSA) is 74.6 Å². The van der Waals surface area contributed by atoms with Crippen LogP contribution in [0.2, 0.25) is 0 Å². The zero-order valence-electron chi connectivity index (χ0n) is 11.2. The number of hydrogen-bond donors (Lipinski definition) is 2. The predicted molar refractivity (Wildman–Crippen MR) is 74.3 cm³/mol. The lowest BCUT2D eigenvalue weighted by Crippen LogP contribution is -2.35. The van der Waals surface area contributed by atoms with E-state index in [4.69, 9.17) is 5.11 Å². The number of benzene rings is 1. The fraction of sp³-hybridized carbons (Fsp3) is 0.250. The number of carboxylic acid groups (broad SMARTS) is 2. The summed E-state index contributed by atoms with van der Waals surface area (Å²) < 4.78 is 0. The van der Waals surface area contributed by atoms with E-state index in [1.165, 1.54) is 6.08 Å². The van der Waals surface area contributed by atoms with Crippen molar-refractivity contribution in [2.75, 3.05) is 0 Å². The van der Waals surface area contributed by atoms with E-state index in [9.17, 15) is 14.7 Å². The van der Waals surface area contributed by atoms with Gasteiger partial charge >= 0.3 is 11.9 Å². The van der Waals surface area contributed by atoms with Gasteiger partial charge in [-0.05, 0) is 31.4 Å². The summed E-state index contributed by atoms with van der Waals surface area (Å²) in [6, 6.07) is 9.26. The summed E-state index contributed by atoms with van der Waals surface area (Å²) in [6.45, 7) is 1.73. The SMILES string of the molecule is CC1=C[C@](Cc2ccccc2)(C(=O)O)CC(C(=O)O)=C1. The maximum atomic E-state index is 11.7. The Morgan fingerprint density at radius 3 is 2.40 bits per heavy atom. The Labute approximate surface area is 117 Å². The van der Waals surface area contributed by atoms with Crippen LogP contribution in [-0.2, 0) is 16.0 Å². The van der Waals surface area contributed by atoms with Gasteiger partial charge in [-0.1, -0.05) is 42.0 Å². The van der Waals surface area contributed by atoms with Crippen molar-refractivity contribution in [2.45, 2.75) is 19.8 Å². The standard InChI is InChI=1S/C16H16O4/c1-11-7-13(14(17)18)10-16(8-11,15(19)20)9-12-5-3-2-4-6-12/h2-8H,9-10H2,1H3,(H,17,18)(H,19,20)/t16-/m1/s1. The van der Waals surface area contributed by atoms with Gasteiger partial charge in [-0.25, -0.2) is 4.79 Å². The van der Waals surface area contributed by atoms with Crippen molar-refractivity contribution in [3.8, 4) is 0 Å². The molecule has 20 heavy (non-hydrogen) atoms. The van der Waals surface area contributed by atoms with Crippen molar-refractivity contribution in [2.24, 2.45) is 5.41 Å². The van der Waals surface area contributed by atoms with Gasteiger partial charge in [0.05, 0.1) is 5.41 Å². The smallest absolute Gasteiger partial charge is 0.331 e. The monoisotopic (exact) mass is 272 g/mol. The summed E-state index contributed by atoms with van der Waals surface area (Å²) in [5.41, 5.74) is 0.509. The van der Waals surface area contributed by atoms with Gasteiger partial charge in [-0.15, -0.1) is 0 Å². The normalized spacial score (nSPS) is 21.9. The zero-order chi connectivity index (χ0) is 14.8. The molecule has 4 heteroatoms. The lowest BCUT2D eigenvalue weighted by Gasteiger charge is -2.30. The number of carboxylic acids is 2. The van der Waals surface area contributed by atoms with Crippen LogP contribution in [-0.4, -0.2) is 22.2 Å². The lowest BCUT2D eigenvalue weighted by atomic mass is 9.72. The summed E-state index contributed by atoms with van der Waals surface area (Å²) in [4.78, 5) is 22.9. The highest BCUT2D eigenvalue weighted by Crippen LogP contribution is 2.37. The van der Waals surface area contributed by atoms with Crippen LogP contribution < -0.4 is 0 Å². The van der Waals surface area contributed by atoms with Gasteiger partial charge in [0.1, 0.15) is 0 Å². The van der Waals surface area contributed by atoms with E-state index in [1.807, 2.05) is 30.3 Å². The minimum absolute atomic E-state index is 0.00387. The van der Waals surface area contributed by atoms with Crippen LogP contribution >= 0.6 is 0 Å². The molecule has 0 aromatic heterocycles. The Morgan fingerprint density at radius 1 is 1.20 bits per heavy atom. The third-order valence-corrected chi connectivity index (χ3v) is 3.47. The molecule has 0 amide bonds. The molecule has 0 unspecified atom stereocenters. The van der Waals surface area contributed by atoms with Crippen molar-refractivity contribution in [3.05, 3.63) is 59.2 Å². The highest BCUT2D eigenvalue weighted by molar-refractivity contribution is 5.90. The molecule has 1 aromatic carbocycles. The second-order valence-corrected chi connectivity index (χ2v) is 5.16. The predicted octanol–water partition coefficient (Wildman–Crippen LogP) is 2.66. The second-order valence-electron chi connectivity index (χ2n) is 5.16. The number of aliphatic carboxylic acids is 2. The number of rotatable bonds is 4. The van der Waals surface area contributed by atoms with Gasteiger partial charge in [0, 0.05) is 5.57 Å². The first kappa shape index (κ1) is 14.1. The fourth-order valence-electron chi connectivity index (χ4n) is 2.62. The Kier molecular flexibility index (Phi) is 3.74. The first-order valence-corrected chi connectivity index (χ1v) is 6.34. The van der Waals surface area contributed by atoms with Crippen LogP contribution in [0.5, 0.6) is 0 Å². The Hall–Kier alpha value is -2.36. The van der Waals surface area contributed by atoms with Crippen LogP contribution in [0, 0.1) is 5.41 Å². The van der Waals surface area contributed by atoms with Gasteiger partial charge in [0.2, 0.25) is 0 Å². The molecule has 1 aromatic rings. The lowest BCUT2D eigenvalue weighted by molar-refractivity contribution is -0.146. The van der Waals surface area contributed by atoms with Crippen LogP contribution in [0.15, 0.2) is 53.6 Å². The first-order chi connectivity index (χ1) is 9.43. The molecule has 0 heterocycles. The van der Waals surface area contributed by atoms with Crippen molar-refractivity contribution < 1.29 is 19.8 Å². The van der Waals surface area contributed by atoms with Crippen LogP contribution in [0.3, 0.4) is 0 Å². The number of carbonyl (C=O) groups is 2. The average molecular weight is 272 g/mol. The van der Waals surface area contributed by atoms with E-state index in [0.717, 1.165) is 5.56 Å². The minimum Gasteiger partial charge on any atom is -0.481 e. The highest BCUT2D eigenvalue weighted by Gasteiger charge is 2.40. The molecule has 0 bridgehead atoms. The molecule has 4 nitrogen and oxygen atoms in total. The van der Waals surface area contributed by atoms with Crippen molar-refractivity contribution in [1.82, 2.24) is 0 Å². The second kappa shape index (κ2) is 5.33. The van der Waals surface area contributed by atoms with Crippen LogP contribution in [0.4, 0.5) is 0 Å². The maximum absolute atomic E-state index is 11.7. The Balaban J connectivity index is 2.40. The van der Waals surface area contributed by atoms with Crippen LogP contribution in [0.25, 0.3) is 0 Å². The molecule has 1 aliphatic carbocycles. The summed E-state index contributed by atoms with van der Waals surface area (Å²) in [6.07, 6.45) is 3.48. The van der Waals surface area contributed by atoms with Gasteiger partial charge in [-0.3, -0.25) is 4.79 Å². The molecule has 1 aliphatic rings. The molecule has 0 radical (unpaired) electrons. The van der Waals surface area contributed by atoms with E-state index in [0.29, 0.717) is 5.57 Å². The molecule has 0 saturated carbocycles. The van der Waals surface area contributed by atoms with E-state index in [-0.39, 0.29) is 18.4 Å². The molecule has 2 rings (SSSR count). The molecular weight excluding hydrogens is 256 g/mol. The fourth-order valence-corrected chi connectivity index (χ4v) is 2.62. The molecule has 0 fully saturated rings. The molecule has 104 valence electrons. The third kappa shape index (κ3) is 2.79. The Morgan fingerprint density at radius 2 is 1.85 bits per heavy atom. The van der Waals surface area contributed by atoms with Crippen LogP contribution in [0.1, 0.15) is 18.9 Å². The van der Waals surface area contributed by atoms with Crippen molar-refractivity contribution >= 4 is 11.9 Å². The van der Waals surface area contributed by atoms with Gasteiger partial charge in [-0.2, -0.15) is 0 Å². The van der Waals surface area contributed by atoms with E-state index in [1.54, 1.807) is 13.0 Å². The van der Waals surface area contributed by atoms with Crippen molar-refractivity contribution in [1.29, 1.82) is 0 Å². The van der Waals surface area contributed by atoms with E-state index in [2.05, 4.69) is 0 Å². The largest absolute Gasteiger partial charge is 0.481 e. The Bertz CT molecular complexity index is 598. The minimum atomic E-state index is -1.19. The average Bonchev–Trinajstić information content (AvgIpc) is 2.39. The number of allylic oxidation sites excluding steroid dienone is 2. The molecule has 0 aliphatic heterocycles. The van der Waals surface area contributed by atoms with E-state index >= 15 is 0 Å². The van der Waals surface area contributed by atoms with Gasteiger partial charge in [0.25, 0.3) is 0 Å². The molecule has 2 N–H and O–H groups in total. The summed E-state index contributed by atoms with van der Waals surface area (Å²) in [5.74, 6) is -2.05. The molecule has 1 atom stereocenters. The number of hydrogen-bond acceptors (Lipinski definition) is 2. The summed E-state index contributed by atoms with van der Waals surface area (Å²) in [7, 11) is 0. The van der Waals surface area contributed by atoms with Gasteiger partial charge in [0.15, 0.2) is 0 Å². The summed E-state index contributed by atoms with van der Waals surface area (Å²) in [5, 5.41) is 18.8.